The minimum absolute atomic E-state index is 0.0181. The van der Waals surface area contributed by atoms with Crippen LogP contribution in [0.2, 0.25) is 0 Å². The molecule has 0 radical (unpaired) electrons. The Morgan fingerprint density at radius 1 is 1.71 bits per heavy atom. The quantitative estimate of drug-likeness (QED) is 0.728. The van der Waals surface area contributed by atoms with E-state index in [1.807, 2.05) is 20.8 Å². The lowest BCUT2D eigenvalue weighted by Gasteiger charge is -2.33. The Morgan fingerprint density at radius 2 is 2.43 bits per heavy atom. The van der Waals surface area contributed by atoms with E-state index in [1.165, 1.54) is 0 Å². The van der Waals surface area contributed by atoms with Gasteiger partial charge in [0.1, 0.15) is 6.10 Å². The van der Waals surface area contributed by atoms with Crippen LogP contribution in [-0.2, 0) is 4.74 Å². The molecule has 14 heavy (non-hydrogen) atoms. The Bertz CT molecular complexity index is 197. The van der Waals surface area contributed by atoms with E-state index in [-0.39, 0.29) is 18.2 Å². The third kappa shape index (κ3) is 2.87. The van der Waals surface area contributed by atoms with Crippen LogP contribution < -0.4 is 5.32 Å². The van der Waals surface area contributed by atoms with Gasteiger partial charge in [-0.2, -0.15) is 0 Å². The fourth-order valence-corrected chi connectivity index (χ4v) is 1.44. The molecule has 0 saturated carbocycles. The molecule has 1 aliphatic rings. The van der Waals surface area contributed by atoms with Crippen LogP contribution in [0.25, 0.3) is 0 Å². The molecule has 1 saturated heterocycles. The van der Waals surface area contributed by atoms with Crippen molar-refractivity contribution in [1.29, 1.82) is 0 Å². The average molecular weight is 200 g/mol. The maximum atomic E-state index is 11.7. The first-order chi connectivity index (χ1) is 6.65. The molecule has 0 aromatic rings. The van der Waals surface area contributed by atoms with Gasteiger partial charge in [0.2, 0.25) is 0 Å². The van der Waals surface area contributed by atoms with Crippen LogP contribution in [0.4, 0.5) is 4.79 Å². The lowest BCUT2D eigenvalue weighted by atomic mass is 10.2. The maximum Gasteiger partial charge on any atom is 0.410 e. The zero-order valence-corrected chi connectivity index (χ0v) is 9.25. The fraction of sp³-hybridized carbons (Fsp3) is 0.900. The lowest BCUT2D eigenvalue weighted by molar-refractivity contribution is 0.0525. The van der Waals surface area contributed by atoms with E-state index in [0.717, 1.165) is 26.1 Å². The number of rotatable bonds is 2. The van der Waals surface area contributed by atoms with Crippen LogP contribution in [0.5, 0.6) is 0 Å². The fourth-order valence-electron chi connectivity index (χ4n) is 1.44. The van der Waals surface area contributed by atoms with Gasteiger partial charge in [-0.3, -0.25) is 0 Å². The van der Waals surface area contributed by atoms with Gasteiger partial charge in [0.05, 0.1) is 0 Å². The molecule has 4 nitrogen and oxygen atoms in total. The Kier molecular flexibility index (Phi) is 4.20. The van der Waals surface area contributed by atoms with Crippen molar-refractivity contribution in [3.05, 3.63) is 0 Å². The first-order valence-corrected chi connectivity index (χ1v) is 5.33. The Morgan fingerprint density at radius 3 is 3.00 bits per heavy atom. The summed E-state index contributed by atoms with van der Waals surface area (Å²) in [5, 5.41) is 3.24. The molecule has 0 aromatic heterocycles. The first kappa shape index (κ1) is 11.3. The van der Waals surface area contributed by atoms with Crippen LogP contribution in [0.15, 0.2) is 0 Å². The van der Waals surface area contributed by atoms with E-state index in [4.69, 9.17) is 4.74 Å². The van der Waals surface area contributed by atoms with Gasteiger partial charge in [0, 0.05) is 25.7 Å². The molecule has 0 aliphatic carbocycles. The second-order valence-electron chi connectivity index (χ2n) is 3.85. The molecule has 1 fully saturated rings. The minimum Gasteiger partial charge on any atom is -0.446 e. The minimum atomic E-state index is -0.173. The Labute approximate surface area is 85.6 Å². The highest BCUT2D eigenvalue weighted by molar-refractivity contribution is 5.68. The number of piperazine rings is 1. The standard InChI is InChI=1S/C10H20N2O2/c1-4-9(3)14-10(13)12-6-5-11-7-8(12)2/h8-9,11H,4-7H2,1-3H3/t8-,9?/m1/s1. The van der Waals surface area contributed by atoms with E-state index in [9.17, 15) is 4.79 Å². The molecular formula is C10H20N2O2. The molecule has 4 heteroatoms. The molecule has 2 atom stereocenters. The number of hydrogen-bond acceptors (Lipinski definition) is 3. The SMILES string of the molecule is CCC(C)OC(=O)N1CCNC[C@H]1C. The van der Waals surface area contributed by atoms with Crippen molar-refractivity contribution in [2.75, 3.05) is 19.6 Å². The van der Waals surface area contributed by atoms with Crippen molar-refractivity contribution in [1.82, 2.24) is 10.2 Å². The number of ether oxygens (including phenoxy) is 1. The van der Waals surface area contributed by atoms with Gasteiger partial charge in [0.15, 0.2) is 0 Å². The highest BCUT2D eigenvalue weighted by Crippen LogP contribution is 2.07. The third-order valence-electron chi connectivity index (χ3n) is 2.61. The van der Waals surface area contributed by atoms with Gasteiger partial charge in [-0.1, -0.05) is 6.92 Å². The Hall–Kier alpha value is -0.770. The summed E-state index contributed by atoms with van der Waals surface area (Å²) in [6, 6.07) is 0.236. The van der Waals surface area contributed by atoms with E-state index < -0.39 is 0 Å². The summed E-state index contributed by atoms with van der Waals surface area (Å²) >= 11 is 0. The zero-order chi connectivity index (χ0) is 10.6. The number of nitrogens with zero attached hydrogens (tertiary/aromatic N) is 1. The van der Waals surface area contributed by atoms with Gasteiger partial charge in [-0.15, -0.1) is 0 Å². The molecule has 0 aromatic carbocycles. The normalized spacial score (nSPS) is 24.5. The largest absolute Gasteiger partial charge is 0.446 e. The molecule has 1 amide bonds. The third-order valence-corrected chi connectivity index (χ3v) is 2.61. The van der Waals surface area contributed by atoms with Crippen molar-refractivity contribution >= 4 is 6.09 Å². The molecule has 1 aliphatic heterocycles. The summed E-state index contributed by atoms with van der Waals surface area (Å²) in [6.45, 7) is 8.43. The first-order valence-electron chi connectivity index (χ1n) is 5.33. The topological polar surface area (TPSA) is 41.6 Å². The molecule has 0 spiro atoms. The van der Waals surface area contributed by atoms with E-state index >= 15 is 0 Å². The van der Waals surface area contributed by atoms with Crippen LogP contribution in [-0.4, -0.2) is 42.8 Å². The van der Waals surface area contributed by atoms with Gasteiger partial charge in [-0.05, 0) is 20.3 Å². The predicted octanol–water partition coefficient (Wildman–Crippen LogP) is 1.22. The number of amides is 1. The maximum absolute atomic E-state index is 11.7. The van der Waals surface area contributed by atoms with Crippen molar-refractivity contribution in [2.45, 2.75) is 39.3 Å². The lowest BCUT2D eigenvalue weighted by Crippen LogP contribution is -2.52. The van der Waals surface area contributed by atoms with Crippen LogP contribution in [0.1, 0.15) is 27.2 Å². The summed E-state index contributed by atoms with van der Waals surface area (Å²) < 4.78 is 5.27. The smallest absolute Gasteiger partial charge is 0.410 e. The monoisotopic (exact) mass is 200 g/mol. The van der Waals surface area contributed by atoms with Crippen molar-refractivity contribution in [3.8, 4) is 0 Å². The molecule has 82 valence electrons. The van der Waals surface area contributed by atoms with Gasteiger partial charge >= 0.3 is 6.09 Å². The molecule has 1 unspecified atom stereocenters. The highest BCUT2D eigenvalue weighted by Gasteiger charge is 2.24. The highest BCUT2D eigenvalue weighted by atomic mass is 16.6. The van der Waals surface area contributed by atoms with Gasteiger partial charge in [0.25, 0.3) is 0 Å². The second kappa shape index (κ2) is 5.20. The van der Waals surface area contributed by atoms with E-state index in [2.05, 4.69) is 5.32 Å². The molecular weight excluding hydrogens is 180 g/mol. The van der Waals surface area contributed by atoms with Crippen molar-refractivity contribution in [2.24, 2.45) is 0 Å². The van der Waals surface area contributed by atoms with Gasteiger partial charge in [-0.25, -0.2) is 4.79 Å². The number of nitrogens with one attached hydrogen (secondary N) is 1. The predicted molar refractivity (Wildman–Crippen MR) is 55.3 cm³/mol. The molecule has 1 rings (SSSR count). The Balaban J connectivity index is 2.42. The summed E-state index contributed by atoms with van der Waals surface area (Å²) in [5.41, 5.74) is 0. The second-order valence-corrected chi connectivity index (χ2v) is 3.85. The number of hydrogen-bond donors (Lipinski definition) is 1. The summed E-state index contributed by atoms with van der Waals surface area (Å²) in [4.78, 5) is 13.4. The molecule has 1 N–H and O–H groups in total. The molecule has 0 bridgehead atoms. The van der Waals surface area contributed by atoms with Crippen LogP contribution >= 0.6 is 0 Å². The van der Waals surface area contributed by atoms with Crippen LogP contribution in [0, 0.1) is 0 Å². The summed E-state index contributed by atoms with van der Waals surface area (Å²) in [7, 11) is 0. The summed E-state index contributed by atoms with van der Waals surface area (Å²) in [5.74, 6) is 0. The number of carbonyl (C=O) groups is 1. The van der Waals surface area contributed by atoms with E-state index in [0.29, 0.717) is 0 Å². The van der Waals surface area contributed by atoms with Crippen LogP contribution in [0.3, 0.4) is 0 Å². The zero-order valence-electron chi connectivity index (χ0n) is 9.25. The summed E-state index contributed by atoms with van der Waals surface area (Å²) in [6.07, 6.45) is 0.713. The average Bonchev–Trinajstić information content (AvgIpc) is 2.18. The van der Waals surface area contributed by atoms with E-state index in [1.54, 1.807) is 4.90 Å². The van der Waals surface area contributed by atoms with Gasteiger partial charge < -0.3 is 15.0 Å². The van der Waals surface area contributed by atoms with Crippen molar-refractivity contribution < 1.29 is 9.53 Å². The number of carbonyl (C=O) groups excluding carboxylic acids is 1. The van der Waals surface area contributed by atoms with Crippen molar-refractivity contribution in [3.63, 3.8) is 0 Å². The molecule has 1 heterocycles.